The number of rotatable bonds is 3. The van der Waals surface area contributed by atoms with Crippen molar-refractivity contribution in [3.8, 4) is 0 Å². The Labute approximate surface area is 162 Å². The molecule has 144 valence electrons. The topological polar surface area (TPSA) is 66.6 Å². The third-order valence-corrected chi connectivity index (χ3v) is 5.72. The highest BCUT2D eigenvalue weighted by atomic mass is 35.5. The minimum Gasteiger partial charge on any atom is -0.342 e. The van der Waals surface area contributed by atoms with Crippen molar-refractivity contribution in [1.82, 2.24) is 9.80 Å². The van der Waals surface area contributed by atoms with Crippen molar-refractivity contribution < 1.29 is 9.59 Å². The number of benzene rings is 1. The van der Waals surface area contributed by atoms with E-state index in [9.17, 15) is 9.59 Å². The Bertz CT molecular complexity index is 649. The molecule has 2 fully saturated rings. The van der Waals surface area contributed by atoms with Crippen molar-refractivity contribution in [2.45, 2.75) is 33.1 Å². The van der Waals surface area contributed by atoms with Gasteiger partial charge < -0.3 is 15.5 Å². The summed E-state index contributed by atoms with van der Waals surface area (Å²) in [5.41, 5.74) is 7.74. The molecule has 26 heavy (non-hydrogen) atoms. The van der Waals surface area contributed by atoms with Gasteiger partial charge in [-0.1, -0.05) is 24.6 Å². The summed E-state index contributed by atoms with van der Waals surface area (Å²) in [5, 5.41) is 0. The first-order chi connectivity index (χ1) is 11.9. The third kappa shape index (κ3) is 4.38. The van der Waals surface area contributed by atoms with Gasteiger partial charge in [-0.15, -0.1) is 12.4 Å². The first kappa shape index (κ1) is 20.7. The molecule has 0 aliphatic carbocycles. The van der Waals surface area contributed by atoms with Crippen LogP contribution in [0.3, 0.4) is 0 Å². The van der Waals surface area contributed by atoms with Crippen LogP contribution in [0.15, 0.2) is 24.3 Å². The van der Waals surface area contributed by atoms with E-state index in [1.54, 1.807) is 0 Å². The first-order valence-electron chi connectivity index (χ1n) is 9.27. The molecular formula is C20H30ClN3O2. The number of likely N-dealkylation sites (tertiary alicyclic amines) is 2. The number of halogens is 1. The van der Waals surface area contributed by atoms with Gasteiger partial charge in [0, 0.05) is 31.7 Å². The largest absolute Gasteiger partial charge is 0.342 e. The number of amides is 2. The molecule has 2 aliphatic rings. The number of aryl methyl sites for hydroxylation is 1. The van der Waals surface area contributed by atoms with Crippen molar-refractivity contribution in [3.05, 3.63) is 35.4 Å². The summed E-state index contributed by atoms with van der Waals surface area (Å²) in [7, 11) is 0. The number of hydrogen-bond acceptors (Lipinski definition) is 3. The molecule has 0 spiro atoms. The minimum atomic E-state index is -0.0803. The fraction of sp³-hybridized carbons (Fsp3) is 0.600. The molecule has 2 aliphatic heterocycles. The maximum absolute atomic E-state index is 12.9. The molecule has 2 N–H and O–H groups in total. The van der Waals surface area contributed by atoms with E-state index < -0.39 is 0 Å². The highest BCUT2D eigenvalue weighted by molar-refractivity contribution is 5.94. The molecule has 6 heteroatoms. The van der Waals surface area contributed by atoms with E-state index in [-0.39, 0.29) is 35.6 Å². The fourth-order valence-electron chi connectivity index (χ4n) is 3.88. The monoisotopic (exact) mass is 379 g/mol. The summed E-state index contributed by atoms with van der Waals surface area (Å²) < 4.78 is 0. The molecule has 1 aromatic rings. The molecule has 2 unspecified atom stereocenters. The third-order valence-electron chi connectivity index (χ3n) is 5.72. The predicted octanol–water partition coefficient (Wildman–Crippen LogP) is 2.47. The molecule has 2 amide bonds. The Morgan fingerprint density at radius 3 is 2.50 bits per heavy atom. The molecule has 2 heterocycles. The molecule has 2 saturated heterocycles. The highest BCUT2D eigenvalue weighted by Gasteiger charge is 2.38. The van der Waals surface area contributed by atoms with Crippen LogP contribution in [0, 0.1) is 18.3 Å². The predicted molar refractivity (Wildman–Crippen MR) is 105 cm³/mol. The Balaban J connectivity index is 0.00000243. The van der Waals surface area contributed by atoms with Crippen molar-refractivity contribution in [1.29, 1.82) is 0 Å². The lowest BCUT2D eigenvalue weighted by atomic mass is 9.90. The van der Waals surface area contributed by atoms with Gasteiger partial charge in [-0.3, -0.25) is 9.59 Å². The highest BCUT2D eigenvalue weighted by Crippen LogP contribution is 2.31. The van der Waals surface area contributed by atoms with Crippen LogP contribution in [0.25, 0.3) is 0 Å². The lowest BCUT2D eigenvalue weighted by Crippen LogP contribution is -2.46. The van der Waals surface area contributed by atoms with E-state index in [0.717, 1.165) is 44.5 Å². The van der Waals surface area contributed by atoms with Crippen LogP contribution in [-0.4, -0.2) is 54.3 Å². The van der Waals surface area contributed by atoms with Crippen molar-refractivity contribution in [2.75, 3.05) is 32.7 Å². The summed E-state index contributed by atoms with van der Waals surface area (Å²) >= 11 is 0. The Morgan fingerprint density at radius 2 is 1.88 bits per heavy atom. The van der Waals surface area contributed by atoms with E-state index >= 15 is 0 Å². The Kier molecular flexibility index (Phi) is 6.69. The van der Waals surface area contributed by atoms with Gasteiger partial charge in [-0.2, -0.15) is 0 Å². The summed E-state index contributed by atoms with van der Waals surface area (Å²) in [5.74, 6) is 0.146. The molecule has 0 saturated carbocycles. The van der Waals surface area contributed by atoms with Crippen LogP contribution >= 0.6 is 12.4 Å². The smallest absolute Gasteiger partial charge is 0.253 e. The Morgan fingerprint density at radius 1 is 1.19 bits per heavy atom. The second-order valence-electron chi connectivity index (χ2n) is 7.98. The molecule has 3 rings (SSSR count). The average molecular weight is 380 g/mol. The van der Waals surface area contributed by atoms with E-state index in [4.69, 9.17) is 5.73 Å². The zero-order valence-electron chi connectivity index (χ0n) is 15.7. The number of nitrogens with two attached hydrogens (primary N) is 1. The Hall–Kier alpha value is -1.59. The normalized spacial score (nSPS) is 25.7. The molecule has 0 aromatic heterocycles. The zero-order valence-corrected chi connectivity index (χ0v) is 16.6. The second-order valence-corrected chi connectivity index (χ2v) is 7.98. The molecule has 2 atom stereocenters. The lowest BCUT2D eigenvalue weighted by Gasteiger charge is -2.34. The van der Waals surface area contributed by atoms with Gasteiger partial charge in [0.2, 0.25) is 5.91 Å². The molecular weight excluding hydrogens is 350 g/mol. The van der Waals surface area contributed by atoms with E-state index in [1.807, 2.05) is 41.0 Å². The van der Waals surface area contributed by atoms with E-state index in [2.05, 4.69) is 6.92 Å². The SMILES string of the molecule is Cc1ccc(C(=O)N2CCCC(C(=O)N3CCC(C)(CN)C3)C2)cc1.Cl. The maximum atomic E-state index is 12.9. The average Bonchev–Trinajstić information content (AvgIpc) is 3.04. The summed E-state index contributed by atoms with van der Waals surface area (Å²) in [4.78, 5) is 29.4. The number of hydrogen-bond donors (Lipinski definition) is 1. The minimum absolute atomic E-state index is 0. The van der Waals surface area contributed by atoms with Gasteiger partial charge in [-0.05, 0) is 50.3 Å². The zero-order chi connectivity index (χ0) is 18.0. The summed E-state index contributed by atoms with van der Waals surface area (Å²) in [6.07, 6.45) is 2.72. The van der Waals surface area contributed by atoms with Crippen LogP contribution in [0.4, 0.5) is 0 Å². The van der Waals surface area contributed by atoms with E-state index in [1.165, 1.54) is 0 Å². The molecule has 1 aromatic carbocycles. The maximum Gasteiger partial charge on any atom is 0.253 e. The van der Waals surface area contributed by atoms with Crippen molar-refractivity contribution >= 4 is 24.2 Å². The van der Waals surface area contributed by atoms with Crippen LogP contribution in [0.5, 0.6) is 0 Å². The van der Waals surface area contributed by atoms with Gasteiger partial charge in [0.25, 0.3) is 5.91 Å². The number of piperidine rings is 1. The first-order valence-corrected chi connectivity index (χ1v) is 9.27. The number of nitrogens with zero attached hydrogens (tertiary/aromatic N) is 2. The molecule has 0 bridgehead atoms. The number of carbonyl (C=O) groups is 2. The van der Waals surface area contributed by atoms with Gasteiger partial charge in [0.15, 0.2) is 0 Å². The van der Waals surface area contributed by atoms with Gasteiger partial charge >= 0.3 is 0 Å². The van der Waals surface area contributed by atoms with Crippen LogP contribution in [0.1, 0.15) is 42.1 Å². The van der Waals surface area contributed by atoms with Gasteiger partial charge in [-0.25, -0.2) is 0 Å². The van der Waals surface area contributed by atoms with Gasteiger partial charge in [0.1, 0.15) is 0 Å². The quantitative estimate of drug-likeness (QED) is 0.877. The lowest BCUT2D eigenvalue weighted by molar-refractivity contribution is -0.136. The van der Waals surface area contributed by atoms with Gasteiger partial charge in [0.05, 0.1) is 5.92 Å². The van der Waals surface area contributed by atoms with Crippen molar-refractivity contribution in [2.24, 2.45) is 17.1 Å². The van der Waals surface area contributed by atoms with Crippen LogP contribution in [0.2, 0.25) is 0 Å². The van der Waals surface area contributed by atoms with E-state index in [0.29, 0.717) is 18.7 Å². The molecule has 5 nitrogen and oxygen atoms in total. The fourth-order valence-corrected chi connectivity index (χ4v) is 3.88. The van der Waals surface area contributed by atoms with Crippen LogP contribution in [-0.2, 0) is 4.79 Å². The summed E-state index contributed by atoms with van der Waals surface area (Å²) in [6.45, 7) is 7.56. The molecule has 0 radical (unpaired) electrons. The van der Waals surface area contributed by atoms with Crippen molar-refractivity contribution in [3.63, 3.8) is 0 Å². The standard InChI is InChI=1S/C20H29N3O2.ClH/c1-15-5-7-16(8-6-15)18(24)22-10-3-4-17(12-22)19(25)23-11-9-20(2,13-21)14-23;/h5-8,17H,3-4,9-14,21H2,1-2H3;1H. The number of carbonyl (C=O) groups excluding carboxylic acids is 2. The second kappa shape index (κ2) is 8.40. The summed E-state index contributed by atoms with van der Waals surface area (Å²) in [6, 6.07) is 7.65. The van der Waals surface area contributed by atoms with Crippen LogP contribution < -0.4 is 5.73 Å².